The maximum atomic E-state index is 12.5. The van der Waals surface area contributed by atoms with Gasteiger partial charge in [-0.2, -0.15) is 0 Å². The summed E-state index contributed by atoms with van der Waals surface area (Å²) >= 11 is 0. The predicted octanol–water partition coefficient (Wildman–Crippen LogP) is 2.16. The smallest absolute Gasteiger partial charge is 0.255 e. The first kappa shape index (κ1) is 16.5. The summed E-state index contributed by atoms with van der Waals surface area (Å²) in [7, 11) is 1.54. The van der Waals surface area contributed by atoms with E-state index in [1.165, 1.54) is 18.9 Å². The molecule has 1 saturated heterocycles. The number of nitrogens with zero attached hydrogens (tertiary/aromatic N) is 2. The molecule has 1 aliphatic rings. The quantitative estimate of drug-likeness (QED) is 0.935. The minimum absolute atomic E-state index is 0.0950. The number of pyridine rings is 1. The number of methoxy groups -OCH3 is 1. The van der Waals surface area contributed by atoms with E-state index in [4.69, 9.17) is 4.74 Å². The summed E-state index contributed by atoms with van der Waals surface area (Å²) in [5, 5.41) is 10.4. The Morgan fingerprint density at radius 1 is 1.29 bits per heavy atom. The van der Waals surface area contributed by atoms with Crippen molar-refractivity contribution in [1.29, 1.82) is 0 Å². The fraction of sp³-hybridized carbons (Fsp3) is 0.368. The monoisotopic (exact) mass is 326 g/mol. The van der Waals surface area contributed by atoms with Crippen molar-refractivity contribution in [2.24, 2.45) is 5.92 Å². The number of hydrogen-bond acceptors (Lipinski definition) is 4. The molecule has 0 radical (unpaired) electrons. The normalized spacial score (nSPS) is 20.7. The lowest BCUT2D eigenvalue weighted by atomic mass is 9.87. The molecule has 1 fully saturated rings. The number of aliphatic hydroxyl groups is 1. The Morgan fingerprint density at radius 3 is 2.71 bits per heavy atom. The molecule has 0 saturated carbocycles. The first-order valence-electron chi connectivity index (χ1n) is 8.18. The number of rotatable bonds is 4. The highest BCUT2D eigenvalue weighted by atomic mass is 16.5. The van der Waals surface area contributed by atoms with Crippen LogP contribution in [0.3, 0.4) is 0 Å². The van der Waals surface area contributed by atoms with Gasteiger partial charge in [0.2, 0.25) is 5.88 Å². The van der Waals surface area contributed by atoms with Crippen molar-refractivity contribution < 1.29 is 14.6 Å². The molecule has 1 amide bonds. The molecule has 5 nitrogen and oxygen atoms in total. The Hall–Kier alpha value is -2.40. The molecule has 0 spiro atoms. The average Bonchev–Trinajstić information content (AvgIpc) is 2.64. The van der Waals surface area contributed by atoms with Crippen molar-refractivity contribution >= 4 is 5.91 Å². The maximum absolute atomic E-state index is 12.5. The summed E-state index contributed by atoms with van der Waals surface area (Å²) in [6.45, 7) is 1.02. The number of hydrogen-bond donors (Lipinski definition) is 1. The average molecular weight is 326 g/mol. The van der Waals surface area contributed by atoms with Gasteiger partial charge in [-0.25, -0.2) is 4.98 Å². The van der Waals surface area contributed by atoms with Crippen LogP contribution in [0.25, 0.3) is 0 Å². The predicted molar refractivity (Wildman–Crippen MR) is 91.0 cm³/mol. The van der Waals surface area contributed by atoms with Crippen molar-refractivity contribution in [2.75, 3.05) is 20.2 Å². The summed E-state index contributed by atoms with van der Waals surface area (Å²) < 4.78 is 5.01. The van der Waals surface area contributed by atoms with Gasteiger partial charge < -0.3 is 14.7 Å². The molecule has 0 unspecified atom stereocenters. The Morgan fingerprint density at radius 2 is 2.08 bits per heavy atom. The second-order valence-corrected chi connectivity index (χ2v) is 6.15. The van der Waals surface area contributed by atoms with Gasteiger partial charge in [0, 0.05) is 25.4 Å². The van der Waals surface area contributed by atoms with Crippen LogP contribution in [0.1, 0.15) is 22.3 Å². The Labute approximate surface area is 141 Å². The van der Waals surface area contributed by atoms with E-state index in [0.29, 0.717) is 24.5 Å². The summed E-state index contributed by atoms with van der Waals surface area (Å²) in [6.07, 6.45) is 2.65. The third-order valence-electron chi connectivity index (χ3n) is 4.54. The molecular weight excluding hydrogens is 304 g/mol. The number of carbonyl (C=O) groups excluding carboxylic acids is 1. The van der Waals surface area contributed by atoms with Crippen molar-refractivity contribution in [3.8, 4) is 5.88 Å². The van der Waals surface area contributed by atoms with Crippen LogP contribution in [0.5, 0.6) is 5.88 Å². The number of benzene rings is 1. The van der Waals surface area contributed by atoms with E-state index in [1.54, 1.807) is 17.0 Å². The summed E-state index contributed by atoms with van der Waals surface area (Å²) in [5.74, 6) is 0.570. The first-order valence-corrected chi connectivity index (χ1v) is 8.18. The molecular formula is C19H22N2O3. The minimum Gasteiger partial charge on any atom is -0.481 e. The number of β-amino-alcohol motifs (C(OH)–C–C–N with tert-alkyl or cyclic N) is 1. The summed E-state index contributed by atoms with van der Waals surface area (Å²) in [5.41, 5.74) is 1.74. The Bertz CT molecular complexity index is 673. The van der Waals surface area contributed by atoms with Crippen LogP contribution in [0, 0.1) is 5.92 Å². The number of piperidine rings is 1. The number of carbonyl (C=O) groups is 1. The van der Waals surface area contributed by atoms with E-state index in [9.17, 15) is 9.90 Å². The van der Waals surface area contributed by atoms with E-state index in [2.05, 4.69) is 17.1 Å². The van der Waals surface area contributed by atoms with Gasteiger partial charge in [0.25, 0.3) is 5.91 Å². The lowest BCUT2D eigenvalue weighted by Gasteiger charge is -2.36. The molecule has 126 valence electrons. The molecule has 1 N–H and O–H groups in total. The second kappa shape index (κ2) is 7.45. The van der Waals surface area contributed by atoms with E-state index >= 15 is 0 Å². The van der Waals surface area contributed by atoms with Crippen LogP contribution < -0.4 is 4.74 Å². The molecule has 2 heterocycles. The van der Waals surface area contributed by atoms with E-state index in [1.807, 2.05) is 18.2 Å². The van der Waals surface area contributed by atoms with Crippen LogP contribution in [-0.4, -0.2) is 47.2 Å². The van der Waals surface area contributed by atoms with Crippen LogP contribution in [0.2, 0.25) is 0 Å². The molecule has 1 aromatic carbocycles. The fourth-order valence-electron chi connectivity index (χ4n) is 3.13. The van der Waals surface area contributed by atoms with Gasteiger partial charge in [0.05, 0.1) is 18.8 Å². The standard InChI is InChI=1S/C19H22N2O3/c1-24-18-8-7-16(12-20-18)19(23)21-10-9-15(17(22)13-21)11-14-5-3-2-4-6-14/h2-8,12,15,17,22H,9-11,13H2,1H3/t15-,17-/m1/s1. The van der Waals surface area contributed by atoms with Crippen molar-refractivity contribution in [2.45, 2.75) is 18.9 Å². The van der Waals surface area contributed by atoms with E-state index in [-0.39, 0.29) is 11.8 Å². The zero-order valence-electron chi connectivity index (χ0n) is 13.8. The molecule has 1 aromatic heterocycles. The van der Waals surface area contributed by atoms with E-state index < -0.39 is 6.10 Å². The van der Waals surface area contributed by atoms with Crippen molar-refractivity contribution in [3.63, 3.8) is 0 Å². The van der Waals surface area contributed by atoms with Crippen LogP contribution in [-0.2, 0) is 6.42 Å². The third-order valence-corrected chi connectivity index (χ3v) is 4.54. The second-order valence-electron chi connectivity index (χ2n) is 6.15. The van der Waals surface area contributed by atoms with Crippen molar-refractivity contribution in [1.82, 2.24) is 9.88 Å². The summed E-state index contributed by atoms with van der Waals surface area (Å²) in [4.78, 5) is 18.3. The number of aliphatic hydroxyl groups excluding tert-OH is 1. The fourth-order valence-corrected chi connectivity index (χ4v) is 3.13. The van der Waals surface area contributed by atoms with Gasteiger partial charge >= 0.3 is 0 Å². The third kappa shape index (κ3) is 3.74. The van der Waals surface area contributed by atoms with Gasteiger partial charge in [-0.15, -0.1) is 0 Å². The highest BCUT2D eigenvalue weighted by Gasteiger charge is 2.30. The van der Waals surface area contributed by atoms with Gasteiger partial charge in [0.15, 0.2) is 0 Å². The van der Waals surface area contributed by atoms with Crippen LogP contribution in [0.4, 0.5) is 0 Å². The molecule has 0 aliphatic carbocycles. The molecule has 3 rings (SSSR count). The molecule has 2 aromatic rings. The number of likely N-dealkylation sites (tertiary alicyclic amines) is 1. The maximum Gasteiger partial charge on any atom is 0.255 e. The molecule has 1 aliphatic heterocycles. The highest BCUT2D eigenvalue weighted by molar-refractivity contribution is 5.94. The lowest BCUT2D eigenvalue weighted by Crippen LogP contribution is -2.47. The summed E-state index contributed by atoms with van der Waals surface area (Å²) in [6, 6.07) is 13.5. The number of ether oxygens (including phenoxy) is 1. The SMILES string of the molecule is COc1ccc(C(=O)N2CC[C@H](Cc3ccccc3)[C@H](O)C2)cn1. The highest BCUT2D eigenvalue weighted by Crippen LogP contribution is 2.23. The van der Waals surface area contributed by atoms with Crippen LogP contribution >= 0.6 is 0 Å². The number of amides is 1. The molecule has 5 heteroatoms. The Balaban J connectivity index is 1.61. The van der Waals surface area contributed by atoms with Gasteiger partial charge in [0.1, 0.15) is 0 Å². The molecule has 24 heavy (non-hydrogen) atoms. The molecule has 0 bridgehead atoms. The zero-order valence-corrected chi connectivity index (χ0v) is 13.8. The van der Waals surface area contributed by atoms with E-state index in [0.717, 1.165) is 12.8 Å². The van der Waals surface area contributed by atoms with Crippen molar-refractivity contribution in [3.05, 3.63) is 59.8 Å². The minimum atomic E-state index is -0.505. The van der Waals surface area contributed by atoms with Gasteiger partial charge in [-0.05, 0) is 30.4 Å². The molecule has 2 atom stereocenters. The largest absolute Gasteiger partial charge is 0.481 e. The number of aromatic nitrogens is 1. The topological polar surface area (TPSA) is 62.7 Å². The van der Waals surface area contributed by atoms with Gasteiger partial charge in [-0.1, -0.05) is 30.3 Å². The van der Waals surface area contributed by atoms with Gasteiger partial charge in [-0.3, -0.25) is 4.79 Å². The zero-order chi connectivity index (χ0) is 16.9. The lowest BCUT2D eigenvalue weighted by molar-refractivity contribution is 0.0198. The first-order chi connectivity index (χ1) is 11.7. The van der Waals surface area contributed by atoms with Crippen LogP contribution in [0.15, 0.2) is 48.7 Å². The Kier molecular flexibility index (Phi) is 5.11.